The molecule has 0 unspecified atom stereocenters. The van der Waals surface area contributed by atoms with Crippen LogP contribution < -0.4 is 5.32 Å². The van der Waals surface area contributed by atoms with Crippen LogP contribution in [0.15, 0.2) is 12.1 Å². The zero-order valence-corrected chi connectivity index (χ0v) is 7.83. The fourth-order valence-corrected chi connectivity index (χ4v) is 1.22. The van der Waals surface area contributed by atoms with Gasteiger partial charge in [-0.3, -0.25) is 4.79 Å². The van der Waals surface area contributed by atoms with Crippen LogP contribution >= 0.6 is 23.2 Å². The van der Waals surface area contributed by atoms with Crippen LogP contribution in [-0.2, 0) is 0 Å². The second kappa shape index (κ2) is 3.78. The lowest BCUT2D eigenvalue weighted by Gasteiger charge is -2.01. The van der Waals surface area contributed by atoms with Crippen LogP contribution in [0.4, 0.5) is 0 Å². The molecule has 0 aliphatic heterocycles. The molecule has 1 aromatic rings. The Bertz CT molecular complexity index is 312. The van der Waals surface area contributed by atoms with E-state index in [0.29, 0.717) is 15.6 Å². The van der Waals surface area contributed by atoms with Gasteiger partial charge in [0.1, 0.15) is 0 Å². The lowest BCUT2D eigenvalue weighted by Crippen LogP contribution is -2.18. The molecule has 0 saturated heterocycles. The van der Waals surface area contributed by atoms with Gasteiger partial charge in [-0.25, -0.2) is 0 Å². The molecule has 2 nitrogen and oxygen atoms in total. The molecule has 0 bridgehead atoms. The zero-order chi connectivity index (χ0) is 9.14. The third kappa shape index (κ3) is 1.90. The van der Waals surface area contributed by atoms with E-state index in [2.05, 4.69) is 11.4 Å². The van der Waals surface area contributed by atoms with Gasteiger partial charge in [0, 0.05) is 12.1 Å². The summed E-state index contributed by atoms with van der Waals surface area (Å²) in [6.45, 7) is 0. The Kier molecular flexibility index (Phi) is 2.95. The molecule has 4 heteroatoms. The van der Waals surface area contributed by atoms with Gasteiger partial charge in [0.25, 0.3) is 5.91 Å². The van der Waals surface area contributed by atoms with Gasteiger partial charge >= 0.3 is 0 Å². The molecule has 0 heterocycles. The van der Waals surface area contributed by atoms with Crippen molar-refractivity contribution in [2.45, 2.75) is 0 Å². The molecule has 0 aliphatic carbocycles. The number of benzene rings is 1. The summed E-state index contributed by atoms with van der Waals surface area (Å²) >= 11 is 11.3. The van der Waals surface area contributed by atoms with Crippen molar-refractivity contribution in [2.24, 2.45) is 0 Å². The van der Waals surface area contributed by atoms with Gasteiger partial charge in [-0.1, -0.05) is 23.2 Å². The van der Waals surface area contributed by atoms with Gasteiger partial charge < -0.3 is 5.32 Å². The Balaban J connectivity index is 3.09. The summed E-state index contributed by atoms with van der Waals surface area (Å²) in [4.78, 5) is 11.1. The predicted molar refractivity (Wildman–Crippen MR) is 48.7 cm³/mol. The molecule has 0 aliphatic rings. The summed E-state index contributed by atoms with van der Waals surface area (Å²) in [6.07, 6.45) is 0. The highest BCUT2D eigenvalue weighted by Gasteiger charge is 2.08. The molecule has 12 heavy (non-hydrogen) atoms. The van der Waals surface area contributed by atoms with Crippen molar-refractivity contribution in [3.05, 3.63) is 33.8 Å². The lowest BCUT2D eigenvalue weighted by atomic mass is 10.2. The van der Waals surface area contributed by atoms with Crippen molar-refractivity contribution in [1.82, 2.24) is 5.32 Å². The maximum Gasteiger partial charge on any atom is 0.253 e. The number of halogens is 2. The first-order valence-corrected chi connectivity index (χ1v) is 3.99. The van der Waals surface area contributed by atoms with Gasteiger partial charge in [-0.2, -0.15) is 0 Å². The highest BCUT2D eigenvalue weighted by atomic mass is 35.5. The minimum atomic E-state index is -0.267. The molecule has 0 atom stereocenters. The van der Waals surface area contributed by atoms with Crippen molar-refractivity contribution in [3.8, 4) is 0 Å². The molecule has 0 saturated carbocycles. The number of nitrogens with one attached hydrogen (secondary N) is 1. The number of carbonyl (C=O) groups excluding carboxylic acids is 1. The quantitative estimate of drug-likeness (QED) is 0.744. The smallest absolute Gasteiger partial charge is 0.253 e. The topological polar surface area (TPSA) is 29.1 Å². The molecule has 1 rings (SSSR count). The maximum atomic E-state index is 11.1. The Morgan fingerprint density at radius 3 is 2.75 bits per heavy atom. The van der Waals surface area contributed by atoms with Crippen LogP contribution in [0.5, 0.6) is 0 Å². The first-order valence-electron chi connectivity index (χ1n) is 3.24. The van der Waals surface area contributed by atoms with E-state index in [1.807, 2.05) is 0 Å². The minimum Gasteiger partial charge on any atom is -0.355 e. The van der Waals surface area contributed by atoms with E-state index in [4.69, 9.17) is 23.2 Å². The first kappa shape index (κ1) is 9.36. The molecular weight excluding hydrogens is 197 g/mol. The third-order valence-corrected chi connectivity index (χ3v) is 1.83. The molecule has 1 N–H and O–H groups in total. The normalized spacial score (nSPS) is 9.58. The fourth-order valence-electron chi connectivity index (χ4n) is 0.744. The van der Waals surface area contributed by atoms with Crippen molar-refractivity contribution in [1.29, 1.82) is 0 Å². The molecule has 1 radical (unpaired) electrons. The number of amides is 1. The third-order valence-electron chi connectivity index (χ3n) is 1.31. The van der Waals surface area contributed by atoms with Crippen LogP contribution in [0.3, 0.4) is 0 Å². The number of carbonyl (C=O) groups is 1. The average molecular weight is 203 g/mol. The number of rotatable bonds is 1. The largest absolute Gasteiger partial charge is 0.355 e. The Morgan fingerprint density at radius 1 is 1.58 bits per heavy atom. The summed E-state index contributed by atoms with van der Waals surface area (Å²) in [6, 6.07) is 5.68. The molecule has 1 amide bonds. The van der Waals surface area contributed by atoms with Crippen molar-refractivity contribution < 1.29 is 4.79 Å². The SMILES string of the molecule is CNC(=O)c1[c]cc(Cl)cc1Cl. The monoisotopic (exact) mass is 202 g/mol. The highest BCUT2D eigenvalue weighted by molar-refractivity contribution is 6.36. The van der Waals surface area contributed by atoms with Gasteiger partial charge in [-0.05, 0) is 18.2 Å². The van der Waals surface area contributed by atoms with Crippen LogP contribution in [0.1, 0.15) is 10.4 Å². The average Bonchev–Trinajstić information content (AvgIpc) is 2.03. The Hall–Kier alpha value is -0.730. The van der Waals surface area contributed by atoms with Crippen LogP contribution in [0.2, 0.25) is 10.0 Å². The molecule has 0 fully saturated rings. The maximum absolute atomic E-state index is 11.1. The Morgan fingerprint density at radius 2 is 2.25 bits per heavy atom. The standard InChI is InChI=1S/C8H6Cl2NO/c1-11-8(12)6-3-2-5(9)4-7(6)10/h2,4H,1H3,(H,11,12). The van der Waals surface area contributed by atoms with E-state index in [1.165, 1.54) is 19.2 Å². The summed E-state index contributed by atoms with van der Waals surface area (Å²) in [5.74, 6) is -0.267. The molecule has 0 spiro atoms. The molecule has 63 valence electrons. The van der Waals surface area contributed by atoms with Gasteiger partial charge in [0.05, 0.1) is 10.6 Å². The second-order valence-corrected chi connectivity index (χ2v) is 2.96. The Labute approximate surface area is 80.5 Å². The molecular formula is C8H6Cl2NO. The number of hydrogen-bond donors (Lipinski definition) is 1. The van der Waals surface area contributed by atoms with E-state index in [-0.39, 0.29) is 5.91 Å². The minimum absolute atomic E-state index is 0.267. The first-order chi connectivity index (χ1) is 5.65. The van der Waals surface area contributed by atoms with E-state index in [0.717, 1.165) is 0 Å². The van der Waals surface area contributed by atoms with E-state index < -0.39 is 0 Å². The fraction of sp³-hybridized carbons (Fsp3) is 0.125. The molecule has 0 aromatic heterocycles. The van der Waals surface area contributed by atoms with Crippen LogP contribution in [0.25, 0.3) is 0 Å². The predicted octanol–water partition coefficient (Wildman–Crippen LogP) is 2.15. The zero-order valence-electron chi connectivity index (χ0n) is 6.32. The molecule has 1 aromatic carbocycles. The van der Waals surface area contributed by atoms with Gasteiger partial charge in [0.15, 0.2) is 0 Å². The van der Waals surface area contributed by atoms with Gasteiger partial charge in [0.2, 0.25) is 0 Å². The van der Waals surface area contributed by atoms with E-state index in [1.54, 1.807) is 0 Å². The van der Waals surface area contributed by atoms with Crippen molar-refractivity contribution in [3.63, 3.8) is 0 Å². The summed E-state index contributed by atoms with van der Waals surface area (Å²) in [7, 11) is 1.53. The van der Waals surface area contributed by atoms with Gasteiger partial charge in [-0.15, -0.1) is 0 Å². The lowest BCUT2D eigenvalue weighted by molar-refractivity contribution is 0.0963. The van der Waals surface area contributed by atoms with E-state index in [9.17, 15) is 4.79 Å². The van der Waals surface area contributed by atoms with Crippen molar-refractivity contribution >= 4 is 29.1 Å². The van der Waals surface area contributed by atoms with Crippen LogP contribution in [-0.4, -0.2) is 13.0 Å². The summed E-state index contributed by atoms with van der Waals surface area (Å²) in [5, 5.41) is 3.22. The summed E-state index contributed by atoms with van der Waals surface area (Å²) in [5.41, 5.74) is 0.309. The van der Waals surface area contributed by atoms with Crippen molar-refractivity contribution in [2.75, 3.05) is 7.05 Å². The second-order valence-electron chi connectivity index (χ2n) is 2.12. The number of hydrogen-bond acceptors (Lipinski definition) is 1. The van der Waals surface area contributed by atoms with Crippen LogP contribution in [0, 0.1) is 6.07 Å². The van der Waals surface area contributed by atoms with E-state index >= 15 is 0 Å². The summed E-state index contributed by atoms with van der Waals surface area (Å²) < 4.78 is 0. The highest BCUT2D eigenvalue weighted by Crippen LogP contribution is 2.19.